The van der Waals surface area contributed by atoms with Crippen LogP contribution in [0.25, 0.3) is 33.4 Å². The Kier molecular flexibility index (Phi) is 15.1. The molecule has 3 N–H and O–H groups in total. The second-order valence-corrected chi connectivity index (χ2v) is 25.4. The summed E-state index contributed by atoms with van der Waals surface area (Å²) in [6, 6.07) is 63.7. The molecule has 0 atom stereocenters. The predicted molar refractivity (Wildman–Crippen MR) is 303 cm³/mol. The highest BCUT2D eigenvalue weighted by atomic mass is 32.3. The first-order chi connectivity index (χ1) is 37.8. The number of hydrogen-bond acceptors (Lipinski definition) is 12. The van der Waals surface area contributed by atoms with Gasteiger partial charge in [-0.25, -0.2) is 16.8 Å². The number of hydrogen-bond donors (Lipinski definition) is 3. The Hall–Kier alpha value is -8.52. The van der Waals surface area contributed by atoms with E-state index in [9.17, 15) is 38.9 Å². The summed E-state index contributed by atoms with van der Waals surface area (Å²) >= 11 is 0. The van der Waals surface area contributed by atoms with Gasteiger partial charge >= 0.3 is 0 Å². The lowest BCUT2D eigenvalue weighted by Crippen LogP contribution is -2.02. The zero-order valence-corrected chi connectivity index (χ0v) is 45.3. The van der Waals surface area contributed by atoms with E-state index in [1.807, 2.05) is 79.7 Å². The summed E-state index contributed by atoms with van der Waals surface area (Å²) in [7, 11) is -14.0. The third-order valence-electron chi connectivity index (χ3n) is 12.8. The van der Waals surface area contributed by atoms with Gasteiger partial charge in [-0.1, -0.05) is 72.3 Å². The van der Waals surface area contributed by atoms with E-state index in [4.69, 9.17) is 18.9 Å². The topological polar surface area (TPSA) is 200 Å². The summed E-state index contributed by atoms with van der Waals surface area (Å²) in [5, 5.41) is 0. The third-order valence-corrected chi connectivity index (χ3v) is 19.1. The lowest BCUT2D eigenvalue weighted by molar-refractivity contribution is 0.416. The number of rotatable bonds is 17. The van der Waals surface area contributed by atoms with Crippen LogP contribution >= 0.6 is 10.6 Å². The third kappa shape index (κ3) is 11.8. The molecule has 398 valence electrons. The molecule has 10 rings (SSSR count). The molecule has 0 heterocycles. The van der Waals surface area contributed by atoms with Crippen molar-refractivity contribution < 1.29 is 57.9 Å². The Labute approximate surface area is 459 Å². The van der Waals surface area contributed by atoms with Crippen LogP contribution in [0.15, 0.2) is 271 Å². The van der Waals surface area contributed by atoms with Gasteiger partial charge < -0.3 is 18.9 Å². The molecule has 0 saturated heterocycles. The SMILES string of the molecule is COc1ccc(-c2ccc(Oc3ccc(S(=O)(=O)c4ccc(Oc5ccc(S(=O)(=O)c6ccc(Oc7ccc(S(O)(O)c8ccc(C)cc8)cc7)cc6)cc5)cc4)cc3)c(-c3ccc(S(=O)(=O)O)cc3)c2)cc1-c1ccccc1. The van der Waals surface area contributed by atoms with Gasteiger partial charge in [-0.05, 0) is 199 Å². The standard InChI is InChI=1S/C62H48O13S4/c1-42-8-24-52(25-9-42)76(63,64)53-28-14-47(15-29-53)73-48-16-30-54(31-17-48)77(65,66)55-32-18-49(19-33-55)74-50-20-34-56(35-21-50)78(67,68)57-36-22-51(23-37-57)75-62-39-13-46(41-60(62)44-10-26-58(27-11-44)79(69,70)71)45-12-38-61(72-2)59(40-45)43-6-4-3-5-7-43/h3-41,63-64H,1-2H3,(H,69,70,71). The fourth-order valence-corrected chi connectivity index (χ4v) is 12.8. The average molecular weight is 1130 g/mol. The van der Waals surface area contributed by atoms with Gasteiger partial charge in [0.05, 0.1) is 41.4 Å². The minimum absolute atomic E-state index is 0.000626. The molecule has 0 fully saturated rings. The molecule has 0 aliphatic rings. The molecule has 0 aliphatic heterocycles. The van der Waals surface area contributed by atoms with E-state index in [0.717, 1.165) is 27.8 Å². The van der Waals surface area contributed by atoms with Crippen molar-refractivity contribution in [3.63, 3.8) is 0 Å². The Bertz CT molecular complexity index is 4160. The molecular weight excluding hydrogens is 1080 g/mol. The summed E-state index contributed by atoms with van der Waals surface area (Å²) in [4.78, 5) is 0.505. The van der Waals surface area contributed by atoms with Crippen LogP contribution in [0.4, 0.5) is 0 Å². The van der Waals surface area contributed by atoms with Crippen LogP contribution in [-0.2, 0) is 29.8 Å². The highest BCUT2D eigenvalue weighted by Crippen LogP contribution is 2.55. The van der Waals surface area contributed by atoms with Gasteiger partial charge in [-0.2, -0.15) is 8.42 Å². The van der Waals surface area contributed by atoms with Gasteiger partial charge in [0.25, 0.3) is 10.1 Å². The van der Waals surface area contributed by atoms with Crippen molar-refractivity contribution in [2.75, 3.05) is 7.11 Å². The van der Waals surface area contributed by atoms with Crippen LogP contribution in [0.3, 0.4) is 0 Å². The largest absolute Gasteiger partial charge is 0.496 e. The summed E-state index contributed by atoms with van der Waals surface area (Å²) in [5.41, 5.74) is 5.71. The molecule has 10 aromatic carbocycles. The van der Waals surface area contributed by atoms with Crippen molar-refractivity contribution in [1.29, 1.82) is 0 Å². The number of benzene rings is 10. The molecule has 0 radical (unpaired) electrons. The average Bonchev–Trinajstić information content (AvgIpc) is 3.55. The maximum atomic E-state index is 13.8. The molecule has 79 heavy (non-hydrogen) atoms. The fourth-order valence-electron chi connectivity index (χ4n) is 8.54. The first-order valence-electron chi connectivity index (χ1n) is 24.2. The lowest BCUT2D eigenvalue weighted by atomic mass is 9.95. The van der Waals surface area contributed by atoms with E-state index in [0.29, 0.717) is 61.2 Å². The smallest absolute Gasteiger partial charge is 0.294 e. The monoisotopic (exact) mass is 1130 g/mol. The van der Waals surface area contributed by atoms with Crippen molar-refractivity contribution in [2.24, 2.45) is 0 Å². The van der Waals surface area contributed by atoms with Crippen LogP contribution in [0.5, 0.6) is 40.2 Å². The zero-order chi connectivity index (χ0) is 55.5. The predicted octanol–water partition coefficient (Wildman–Crippen LogP) is 15.5. The van der Waals surface area contributed by atoms with Crippen LogP contribution in [0.1, 0.15) is 5.56 Å². The van der Waals surface area contributed by atoms with E-state index >= 15 is 0 Å². The maximum absolute atomic E-state index is 13.8. The first kappa shape index (κ1) is 53.9. The highest BCUT2D eigenvalue weighted by molar-refractivity contribution is 8.24. The number of methoxy groups -OCH3 is 1. The van der Waals surface area contributed by atoms with Crippen molar-refractivity contribution >= 4 is 40.4 Å². The van der Waals surface area contributed by atoms with E-state index in [1.165, 1.54) is 109 Å². The van der Waals surface area contributed by atoms with Crippen LogP contribution < -0.4 is 18.9 Å². The van der Waals surface area contributed by atoms with Crippen LogP contribution in [-0.4, -0.2) is 46.0 Å². The molecule has 0 amide bonds. The van der Waals surface area contributed by atoms with Crippen LogP contribution in [0.2, 0.25) is 0 Å². The molecule has 10 aromatic rings. The zero-order valence-electron chi connectivity index (χ0n) is 42.1. The Morgan fingerprint density at radius 1 is 0.316 bits per heavy atom. The molecule has 0 unspecified atom stereocenters. The highest BCUT2D eigenvalue weighted by Gasteiger charge is 2.22. The quantitative estimate of drug-likeness (QED) is 0.0728. The summed E-state index contributed by atoms with van der Waals surface area (Å²) in [5.74, 6) is 2.81. The van der Waals surface area contributed by atoms with E-state index in [-0.39, 0.29) is 24.5 Å². The molecule has 0 aliphatic carbocycles. The van der Waals surface area contributed by atoms with Gasteiger partial charge in [0.1, 0.15) is 40.2 Å². The summed E-state index contributed by atoms with van der Waals surface area (Å²) < 4.78 is 134. The van der Waals surface area contributed by atoms with Crippen molar-refractivity contribution in [1.82, 2.24) is 0 Å². The number of sulfone groups is 2. The van der Waals surface area contributed by atoms with E-state index < -0.39 is 40.4 Å². The minimum atomic E-state index is -4.45. The Morgan fingerprint density at radius 2 is 0.633 bits per heavy atom. The first-order valence-corrected chi connectivity index (χ1v) is 30.2. The second-order valence-electron chi connectivity index (χ2n) is 18.0. The Balaban J connectivity index is 0.793. The lowest BCUT2D eigenvalue weighted by Gasteiger charge is -2.32. The molecule has 0 spiro atoms. The summed E-state index contributed by atoms with van der Waals surface area (Å²) in [6.07, 6.45) is 0. The van der Waals surface area contributed by atoms with Gasteiger partial charge in [0.15, 0.2) is 0 Å². The normalized spacial score (nSPS) is 12.1. The molecular formula is C62H48O13S4. The second kappa shape index (κ2) is 22.1. The van der Waals surface area contributed by atoms with Crippen molar-refractivity contribution in [3.8, 4) is 73.6 Å². The Morgan fingerprint density at radius 3 is 1.03 bits per heavy atom. The van der Waals surface area contributed by atoms with Gasteiger partial charge in [-0.15, -0.1) is 10.6 Å². The van der Waals surface area contributed by atoms with E-state index in [1.54, 1.807) is 61.7 Å². The molecule has 0 aromatic heterocycles. The van der Waals surface area contributed by atoms with Crippen molar-refractivity contribution in [2.45, 2.75) is 41.2 Å². The molecule has 0 bridgehead atoms. The minimum Gasteiger partial charge on any atom is -0.496 e. The number of ether oxygens (including phenoxy) is 4. The van der Waals surface area contributed by atoms with Crippen LogP contribution in [0, 0.1) is 6.92 Å². The molecule has 17 heteroatoms. The summed E-state index contributed by atoms with van der Waals surface area (Å²) in [6.45, 7) is 1.91. The molecule has 13 nitrogen and oxygen atoms in total. The fraction of sp³-hybridized carbons (Fsp3) is 0.0323. The number of aryl methyl sites for hydroxylation is 1. The maximum Gasteiger partial charge on any atom is 0.294 e. The van der Waals surface area contributed by atoms with Gasteiger partial charge in [0.2, 0.25) is 19.7 Å². The van der Waals surface area contributed by atoms with Crippen molar-refractivity contribution in [3.05, 3.63) is 242 Å². The van der Waals surface area contributed by atoms with Gasteiger partial charge in [-0.3, -0.25) is 13.7 Å². The van der Waals surface area contributed by atoms with E-state index in [2.05, 4.69) is 0 Å². The van der Waals surface area contributed by atoms with Gasteiger partial charge in [0, 0.05) is 11.1 Å². The molecule has 0 saturated carbocycles.